The number of aryl methyl sites for hydroxylation is 1. The largest absolute Gasteiger partial charge is 0.367 e. The number of nitro benzene ring substituents is 1. The van der Waals surface area contributed by atoms with Gasteiger partial charge in [-0.15, -0.1) is 0 Å². The first-order valence-electron chi connectivity index (χ1n) is 9.22. The van der Waals surface area contributed by atoms with Crippen LogP contribution in [0.25, 0.3) is 0 Å². The van der Waals surface area contributed by atoms with Crippen molar-refractivity contribution in [1.29, 1.82) is 0 Å². The van der Waals surface area contributed by atoms with E-state index in [4.69, 9.17) is 0 Å². The summed E-state index contributed by atoms with van der Waals surface area (Å²) in [5, 5.41) is 11.0. The Kier molecular flexibility index (Phi) is 5.88. The maximum atomic E-state index is 12.6. The van der Waals surface area contributed by atoms with Crippen molar-refractivity contribution in [2.24, 2.45) is 0 Å². The van der Waals surface area contributed by atoms with E-state index in [0.29, 0.717) is 38.3 Å². The molecule has 1 heterocycles. The zero-order valence-electron chi connectivity index (χ0n) is 16.4. The third kappa shape index (κ3) is 4.73. The van der Waals surface area contributed by atoms with Crippen LogP contribution in [0.4, 0.5) is 11.4 Å². The molecule has 8 nitrogen and oxygen atoms in total. The van der Waals surface area contributed by atoms with Gasteiger partial charge in [-0.05, 0) is 24.1 Å². The Balaban J connectivity index is 1.73. The normalized spacial score (nSPS) is 14.7. The molecule has 1 amide bonds. The second-order valence-corrected chi connectivity index (χ2v) is 9.14. The first-order valence-corrected chi connectivity index (χ1v) is 11.1. The lowest BCUT2D eigenvalue weighted by Gasteiger charge is -2.36. The summed E-state index contributed by atoms with van der Waals surface area (Å²) in [6, 6.07) is 11.6. The SMILES string of the molecule is Cc1ccccc1CC(=O)N1CCN(c2ccc([N+](=O)[O-])cc2S(C)(=O)=O)CC1. The smallest absolute Gasteiger partial charge is 0.270 e. The Morgan fingerprint density at radius 1 is 1.10 bits per heavy atom. The highest BCUT2D eigenvalue weighted by molar-refractivity contribution is 7.90. The second-order valence-electron chi connectivity index (χ2n) is 7.15. The number of nitrogens with zero attached hydrogens (tertiary/aromatic N) is 3. The average Bonchev–Trinajstić information content (AvgIpc) is 2.68. The van der Waals surface area contributed by atoms with Gasteiger partial charge in [-0.25, -0.2) is 8.42 Å². The lowest BCUT2D eigenvalue weighted by atomic mass is 10.1. The fourth-order valence-electron chi connectivity index (χ4n) is 3.45. The van der Waals surface area contributed by atoms with Gasteiger partial charge in [0, 0.05) is 44.6 Å². The van der Waals surface area contributed by atoms with E-state index in [1.54, 1.807) is 4.90 Å². The summed E-state index contributed by atoms with van der Waals surface area (Å²) in [5.74, 6) is 0.0333. The Morgan fingerprint density at radius 2 is 1.76 bits per heavy atom. The van der Waals surface area contributed by atoms with Gasteiger partial charge in [0.2, 0.25) is 5.91 Å². The Labute approximate surface area is 169 Å². The number of amides is 1. The molecule has 0 bridgehead atoms. The number of benzene rings is 2. The summed E-state index contributed by atoms with van der Waals surface area (Å²) < 4.78 is 24.3. The highest BCUT2D eigenvalue weighted by Gasteiger charge is 2.26. The number of piperazine rings is 1. The number of rotatable bonds is 5. The van der Waals surface area contributed by atoms with E-state index in [9.17, 15) is 23.3 Å². The van der Waals surface area contributed by atoms with Gasteiger partial charge in [-0.2, -0.15) is 0 Å². The highest BCUT2D eigenvalue weighted by Crippen LogP contribution is 2.30. The molecule has 0 spiro atoms. The van der Waals surface area contributed by atoms with E-state index in [1.165, 1.54) is 12.1 Å². The molecule has 0 unspecified atom stereocenters. The van der Waals surface area contributed by atoms with Crippen LogP contribution >= 0.6 is 0 Å². The molecule has 9 heteroatoms. The molecular weight excluding hydrogens is 394 g/mol. The number of sulfone groups is 1. The first-order chi connectivity index (χ1) is 13.7. The van der Waals surface area contributed by atoms with E-state index in [1.807, 2.05) is 36.1 Å². The lowest BCUT2D eigenvalue weighted by molar-refractivity contribution is -0.385. The van der Waals surface area contributed by atoms with E-state index >= 15 is 0 Å². The van der Waals surface area contributed by atoms with Gasteiger partial charge in [0.25, 0.3) is 5.69 Å². The zero-order chi connectivity index (χ0) is 21.2. The standard InChI is InChI=1S/C20H23N3O5S/c1-15-5-3-4-6-16(15)13-20(24)22-11-9-21(10-12-22)18-8-7-17(23(25)26)14-19(18)29(2,27)28/h3-8,14H,9-13H2,1-2H3. The number of anilines is 1. The molecule has 0 aromatic heterocycles. The molecule has 2 aromatic rings. The van der Waals surface area contributed by atoms with Gasteiger partial charge in [0.05, 0.1) is 21.9 Å². The van der Waals surface area contributed by atoms with Crippen molar-refractivity contribution < 1.29 is 18.1 Å². The third-order valence-corrected chi connectivity index (χ3v) is 6.26. The third-order valence-electron chi connectivity index (χ3n) is 5.13. The monoisotopic (exact) mass is 417 g/mol. The highest BCUT2D eigenvalue weighted by atomic mass is 32.2. The maximum Gasteiger partial charge on any atom is 0.270 e. The van der Waals surface area contributed by atoms with Gasteiger partial charge < -0.3 is 9.80 Å². The van der Waals surface area contributed by atoms with Crippen LogP contribution in [0.15, 0.2) is 47.4 Å². The molecule has 0 radical (unpaired) electrons. The second kappa shape index (κ2) is 8.20. The van der Waals surface area contributed by atoms with E-state index in [-0.39, 0.29) is 16.5 Å². The molecule has 1 aliphatic heterocycles. The minimum atomic E-state index is -3.64. The molecule has 1 saturated heterocycles. The van der Waals surface area contributed by atoms with Gasteiger partial charge in [-0.3, -0.25) is 14.9 Å². The summed E-state index contributed by atoms with van der Waals surface area (Å²) in [5.41, 5.74) is 2.24. The van der Waals surface area contributed by atoms with Crippen molar-refractivity contribution >= 4 is 27.1 Å². The summed E-state index contributed by atoms with van der Waals surface area (Å²) in [4.78, 5) is 26.6. The zero-order valence-corrected chi connectivity index (χ0v) is 17.2. The molecular formula is C20H23N3O5S. The van der Waals surface area contributed by atoms with Crippen LogP contribution in [0.5, 0.6) is 0 Å². The molecule has 29 heavy (non-hydrogen) atoms. The van der Waals surface area contributed by atoms with Crippen LogP contribution < -0.4 is 4.90 Å². The predicted octanol–water partition coefficient (Wildman–Crippen LogP) is 2.20. The molecule has 0 atom stereocenters. The summed E-state index contributed by atoms with van der Waals surface area (Å²) in [6.07, 6.45) is 1.37. The van der Waals surface area contributed by atoms with Crippen molar-refractivity contribution in [3.05, 3.63) is 63.7 Å². The number of hydrogen-bond acceptors (Lipinski definition) is 6. The molecule has 0 saturated carbocycles. The van der Waals surface area contributed by atoms with E-state index < -0.39 is 14.8 Å². The molecule has 0 aliphatic carbocycles. The van der Waals surface area contributed by atoms with Crippen molar-refractivity contribution in [3.63, 3.8) is 0 Å². The summed E-state index contributed by atoms with van der Waals surface area (Å²) in [7, 11) is -3.64. The topological polar surface area (TPSA) is 101 Å². The number of non-ortho nitro benzene ring substituents is 1. The van der Waals surface area contributed by atoms with Crippen LogP contribution in [-0.4, -0.2) is 56.6 Å². The predicted molar refractivity (Wildman–Crippen MR) is 110 cm³/mol. The van der Waals surface area contributed by atoms with Crippen molar-refractivity contribution in [2.75, 3.05) is 37.3 Å². The number of hydrogen-bond donors (Lipinski definition) is 0. The van der Waals surface area contributed by atoms with E-state index in [2.05, 4.69) is 0 Å². The lowest BCUT2D eigenvalue weighted by Crippen LogP contribution is -2.49. The van der Waals surface area contributed by atoms with Crippen LogP contribution in [0.2, 0.25) is 0 Å². The Morgan fingerprint density at radius 3 is 2.34 bits per heavy atom. The van der Waals surface area contributed by atoms with Gasteiger partial charge in [0.15, 0.2) is 9.84 Å². The number of carbonyl (C=O) groups is 1. The molecule has 1 fully saturated rings. The summed E-state index contributed by atoms with van der Waals surface area (Å²) >= 11 is 0. The number of carbonyl (C=O) groups excluding carboxylic acids is 1. The van der Waals surface area contributed by atoms with E-state index in [0.717, 1.165) is 23.4 Å². The van der Waals surface area contributed by atoms with Crippen LogP contribution in [0.3, 0.4) is 0 Å². The van der Waals surface area contributed by atoms with Crippen molar-refractivity contribution in [3.8, 4) is 0 Å². The fraction of sp³-hybridized carbons (Fsp3) is 0.350. The van der Waals surface area contributed by atoms with Gasteiger partial charge in [-0.1, -0.05) is 24.3 Å². The first kappa shape index (κ1) is 20.8. The molecule has 0 N–H and O–H groups in total. The maximum absolute atomic E-state index is 12.6. The minimum absolute atomic E-state index is 0.0333. The van der Waals surface area contributed by atoms with Crippen molar-refractivity contribution in [1.82, 2.24) is 4.90 Å². The van der Waals surface area contributed by atoms with Crippen LogP contribution in [0.1, 0.15) is 11.1 Å². The van der Waals surface area contributed by atoms with Crippen LogP contribution in [-0.2, 0) is 21.1 Å². The average molecular weight is 417 g/mol. The molecule has 1 aliphatic rings. The van der Waals surface area contributed by atoms with Gasteiger partial charge in [0.1, 0.15) is 0 Å². The molecule has 2 aromatic carbocycles. The molecule has 154 valence electrons. The minimum Gasteiger partial charge on any atom is -0.367 e. The number of nitro groups is 1. The van der Waals surface area contributed by atoms with Gasteiger partial charge >= 0.3 is 0 Å². The Bertz CT molecular complexity index is 1040. The fourth-order valence-corrected chi connectivity index (χ4v) is 4.37. The quantitative estimate of drug-likeness (QED) is 0.546. The summed E-state index contributed by atoms with van der Waals surface area (Å²) in [6.45, 7) is 3.82. The van der Waals surface area contributed by atoms with Crippen LogP contribution in [0, 0.1) is 17.0 Å². The van der Waals surface area contributed by atoms with Crippen molar-refractivity contribution in [2.45, 2.75) is 18.2 Å². The Hall–Kier alpha value is -2.94. The molecule has 3 rings (SSSR count).